The number of benzene rings is 2. The van der Waals surface area contributed by atoms with Gasteiger partial charge in [0.15, 0.2) is 0 Å². The van der Waals surface area contributed by atoms with Crippen LogP contribution in [0.15, 0.2) is 54.6 Å². The minimum Gasteiger partial charge on any atom is -0.508 e. The largest absolute Gasteiger partial charge is 0.508 e. The number of aromatic hydroxyl groups is 1. The fraction of sp³-hybridized carbons (Fsp3) is 0.133. The summed E-state index contributed by atoms with van der Waals surface area (Å²) in [5, 5.41) is 18.3. The van der Waals surface area contributed by atoms with Gasteiger partial charge in [0.2, 0.25) is 0 Å². The van der Waals surface area contributed by atoms with Gasteiger partial charge in [-0.1, -0.05) is 42.5 Å². The molecule has 0 fully saturated rings. The van der Waals surface area contributed by atoms with E-state index < -0.39 is 5.97 Å². The fourth-order valence-electron chi connectivity index (χ4n) is 1.99. The average Bonchev–Trinajstić information content (AvgIpc) is 2.38. The number of carbonyl (C=O) groups is 1. The van der Waals surface area contributed by atoms with E-state index in [0.717, 1.165) is 11.1 Å². The van der Waals surface area contributed by atoms with Crippen molar-refractivity contribution in [3.63, 3.8) is 0 Å². The third-order valence-electron chi connectivity index (χ3n) is 2.88. The summed E-state index contributed by atoms with van der Waals surface area (Å²) in [6, 6.07) is 16.2. The van der Waals surface area contributed by atoms with Crippen molar-refractivity contribution < 1.29 is 15.0 Å². The summed E-state index contributed by atoms with van der Waals surface area (Å²) in [7, 11) is 0. The van der Waals surface area contributed by atoms with Crippen molar-refractivity contribution in [3.05, 3.63) is 65.7 Å². The molecule has 0 unspecified atom stereocenters. The highest BCUT2D eigenvalue weighted by Gasteiger charge is 2.17. The van der Waals surface area contributed by atoms with Gasteiger partial charge in [-0.3, -0.25) is 4.79 Å². The minimum atomic E-state index is -0.836. The van der Waals surface area contributed by atoms with Gasteiger partial charge in [-0.2, -0.15) is 0 Å². The second-order valence-electron chi connectivity index (χ2n) is 4.15. The number of hydrogen-bond donors (Lipinski definition) is 2. The summed E-state index contributed by atoms with van der Waals surface area (Å²) in [4.78, 5) is 11.0. The van der Waals surface area contributed by atoms with Gasteiger partial charge in [-0.05, 0) is 23.3 Å². The van der Waals surface area contributed by atoms with E-state index in [4.69, 9.17) is 5.11 Å². The van der Waals surface area contributed by atoms with Gasteiger partial charge in [0.05, 0.1) is 6.42 Å². The third kappa shape index (κ3) is 2.88. The quantitative estimate of drug-likeness (QED) is 0.866. The van der Waals surface area contributed by atoms with Crippen LogP contribution in [0.25, 0.3) is 0 Å². The second kappa shape index (κ2) is 5.36. The van der Waals surface area contributed by atoms with Crippen molar-refractivity contribution in [1.29, 1.82) is 0 Å². The maximum atomic E-state index is 11.0. The number of phenols is 1. The molecule has 0 aliphatic rings. The van der Waals surface area contributed by atoms with Crippen molar-refractivity contribution in [3.8, 4) is 5.75 Å². The van der Waals surface area contributed by atoms with E-state index in [9.17, 15) is 9.90 Å². The molecule has 0 aromatic heterocycles. The first-order valence-electron chi connectivity index (χ1n) is 5.72. The molecule has 2 N–H and O–H groups in total. The number of aliphatic carboxylic acids is 1. The third-order valence-corrected chi connectivity index (χ3v) is 2.88. The summed E-state index contributed by atoms with van der Waals surface area (Å²) in [6.07, 6.45) is 0.0365. The zero-order valence-electron chi connectivity index (χ0n) is 9.78. The lowest BCUT2D eigenvalue weighted by molar-refractivity contribution is -0.137. The van der Waals surface area contributed by atoms with Crippen molar-refractivity contribution in [2.24, 2.45) is 0 Å². The van der Waals surface area contributed by atoms with E-state index in [1.54, 1.807) is 24.3 Å². The van der Waals surface area contributed by atoms with E-state index >= 15 is 0 Å². The van der Waals surface area contributed by atoms with Gasteiger partial charge < -0.3 is 10.2 Å². The molecule has 0 saturated heterocycles. The lowest BCUT2D eigenvalue weighted by Crippen LogP contribution is -2.07. The summed E-state index contributed by atoms with van der Waals surface area (Å²) in [5.74, 6) is -0.845. The number of rotatable bonds is 4. The predicted octanol–water partition coefficient (Wildman–Crippen LogP) is 3.00. The van der Waals surface area contributed by atoms with Gasteiger partial charge in [0, 0.05) is 5.92 Å². The first-order chi connectivity index (χ1) is 8.66. The van der Waals surface area contributed by atoms with Crippen LogP contribution in [0.2, 0.25) is 0 Å². The Morgan fingerprint density at radius 3 is 2.06 bits per heavy atom. The summed E-state index contributed by atoms with van der Waals surface area (Å²) in [5.41, 5.74) is 1.85. The molecule has 0 spiro atoms. The molecule has 0 aliphatic heterocycles. The van der Waals surface area contributed by atoms with Gasteiger partial charge in [0.1, 0.15) is 5.75 Å². The summed E-state index contributed by atoms with van der Waals surface area (Å²) in [6.45, 7) is 0. The SMILES string of the molecule is O=C(O)C[C@H](c1ccccc1)c1ccc(O)cc1. The zero-order valence-corrected chi connectivity index (χ0v) is 9.78. The van der Waals surface area contributed by atoms with E-state index in [2.05, 4.69) is 0 Å². The van der Waals surface area contributed by atoms with Gasteiger partial charge in [0.25, 0.3) is 0 Å². The molecule has 0 saturated carbocycles. The molecular weight excluding hydrogens is 228 g/mol. The van der Waals surface area contributed by atoms with E-state index in [1.807, 2.05) is 30.3 Å². The van der Waals surface area contributed by atoms with Gasteiger partial charge >= 0.3 is 5.97 Å². The Hall–Kier alpha value is -2.29. The predicted molar refractivity (Wildman–Crippen MR) is 68.6 cm³/mol. The lowest BCUT2D eigenvalue weighted by Gasteiger charge is -2.15. The molecule has 3 nitrogen and oxygen atoms in total. The average molecular weight is 242 g/mol. The van der Waals surface area contributed by atoms with Crippen LogP contribution in [0.4, 0.5) is 0 Å². The Morgan fingerprint density at radius 2 is 1.50 bits per heavy atom. The fourth-order valence-corrected chi connectivity index (χ4v) is 1.99. The summed E-state index contributed by atoms with van der Waals surface area (Å²) >= 11 is 0. The Kier molecular flexibility index (Phi) is 3.63. The molecule has 0 bridgehead atoms. The zero-order chi connectivity index (χ0) is 13.0. The van der Waals surface area contributed by atoms with Crippen LogP contribution in [0, 0.1) is 0 Å². The molecule has 1 atom stereocenters. The second-order valence-corrected chi connectivity index (χ2v) is 4.15. The minimum absolute atomic E-state index is 0.0365. The molecule has 18 heavy (non-hydrogen) atoms. The Morgan fingerprint density at radius 1 is 0.944 bits per heavy atom. The lowest BCUT2D eigenvalue weighted by atomic mass is 9.88. The molecule has 0 heterocycles. The van der Waals surface area contributed by atoms with E-state index in [1.165, 1.54) is 0 Å². The molecule has 2 rings (SSSR count). The number of hydrogen-bond acceptors (Lipinski definition) is 2. The number of phenolic OH excluding ortho intramolecular Hbond substituents is 1. The Balaban J connectivity index is 2.36. The van der Waals surface area contributed by atoms with E-state index in [-0.39, 0.29) is 18.1 Å². The van der Waals surface area contributed by atoms with Crippen molar-refractivity contribution in [2.45, 2.75) is 12.3 Å². The monoisotopic (exact) mass is 242 g/mol. The Labute approximate surface area is 105 Å². The van der Waals surface area contributed by atoms with Gasteiger partial charge in [-0.25, -0.2) is 0 Å². The van der Waals surface area contributed by atoms with Crippen LogP contribution < -0.4 is 0 Å². The van der Waals surface area contributed by atoms with Crippen molar-refractivity contribution >= 4 is 5.97 Å². The topological polar surface area (TPSA) is 57.5 Å². The van der Waals surface area contributed by atoms with Crippen molar-refractivity contribution in [2.75, 3.05) is 0 Å². The Bertz CT molecular complexity index is 517. The molecule has 3 heteroatoms. The van der Waals surface area contributed by atoms with E-state index in [0.29, 0.717) is 0 Å². The molecule has 2 aromatic rings. The normalized spacial score (nSPS) is 12.0. The van der Waals surface area contributed by atoms with Crippen LogP contribution in [0.1, 0.15) is 23.5 Å². The highest BCUT2D eigenvalue weighted by molar-refractivity contribution is 5.69. The maximum absolute atomic E-state index is 11.0. The van der Waals surface area contributed by atoms with Crippen LogP contribution >= 0.6 is 0 Å². The molecule has 0 radical (unpaired) electrons. The smallest absolute Gasteiger partial charge is 0.304 e. The molecule has 2 aromatic carbocycles. The van der Waals surface area contributed by atoms with Crippen molar-refractivity contribution in [1.82, 2.24) is 0 Å². The van der Waals surface area contributed by atoms with Crippen LogP contribution in [0.3, 0.4) is 0 Å². The van der Waals surface area contributed by atoms with Gasteiger partial charge in [-0.15, -0.1) is 0 Å². The van der Waals surface area contributed by atoms with Crippen LogP contribution in [0.5, 0.6) is 5.75 Å². The standard InChI is InChI=1S/C15H14O3/c16-13-8-6-12(7-9-13)14(10-15(17)18)11-4-2-1-3-5-11/h1-9,14,16H,10H2,(H,17,18)/t14-/m1/s1. The molecular formula is C15H14O3. The molecule has 92 valence electrons. The maximum Gasteiger partial charge on any atom is 0.304 e. The highest BCUT2D eigenvalue weighted by Crippen LogP contribution is 2.28. The number of carboxylic acid groups (broad SMARTS) is 1. The number of carboxylic acids is 1. The molecule has 0 aliphatic carbocycles. The van der Waals surface area contributed by atoms with Crippen LogP contribution in [-0.4, -0.2) is 16.2 Å². The summed E-state index contributed by atoms with van der Waals surface area (Å²) < 4.78 is 0. The highest BCUT2D eigenvalue weighted by atomic mass is 16.4. The first kappa shape index (κ1) is 12.2. The first-order valence-corrected chi connectivity index (χ1v) is 5.72. The van der Waals surface area contributed by atoms with Crippen LogP contribution in [-0.2, 0) is 4.79 Å². The molecule has 0 amide bonds.